The van der Waals surface area contributed by atoms with Gasteiger partial charge in [-0.1, -0.05) is 126 Å². The number of carbonyl (C=O) groups is 6. The molecule has 15 nitrogen and oxygen atoms in total. The van der Waals surface area contributed by atoms with E-state index in [0.717, 1.165) is 56.1 Å². The monoisotopic (exact) mass is 890 g/mol. The molecule has 64 heavy (non-hydrogen) atoms. The molecule has 2 aromatic carbocycles. The molecule has 354 valence electrons. The highest BCUT2D eigenvalue weighted by molar-refractivity contribution is 5.96. The number of unbranched alkanes of at least 4 members (excludes halogenated alkanes) is 2. The fourth-order valence-electron chi connectivity index (χ4n) is 8.58. The number of likely N-dealkylation sites (N-methyl/N-ethyl adjacent to an activating group) is 1. The van der Waals surface area contributed by atoms with Crippen LogP contribution in [0.15, 0.2) is 60.7 Å². The van der Waals surface area contributed by atoms with Crippen molar-refractivity contribution in [3.63, 3.8) is 0 Å². The third kappa shape index (κ3) is 16.2. The molecule has 2 fully saturated rings. The van der Waals surface area contributed by atoms with Crippen molar-refractivity contribution in [1.82, 2.24) is 36.4 Å². The Balaban J connectivity index is 1.76. The van der Waals surface area contributed by atoms with Crippen LogP contribution in [0.1, 0.15) is 123 Å². The first-order valence-electron chi connectivity index (χ1n) is 23.7. The van der Waals surface area contributed by atoms with Gasteiger partial charge in [-0.3, -0.25) is 28.9 Å². The fraction of sp³-hybridized carbons (Fsp3) is 0.633. The lowest BCUT2D eigenvalue weighted by Crippen LogP contribution is -2.64. The molecule has 1 saturated carbocycles. The lowest BCUT2D eigenvalue weighted by Gasteiger charge is -2.38. The molecule has 2 aromatic rings. The molecule has 15 heteroatoms. The van der Waals surface area contributed by atoms with Gasteiger partial charge in [-0.05, 0) is 69.5 Å². The smallest absolute Gasteiger partial charge is 0.407 e. The van der Waals surface area contributed by atoms with Gasteiger partial charge in [0.05, 0.1) is 25.3 Å². The van der Waals surface area contributed by atoms with E-state index in [1.54, 1.807) is 18.9 Å². The van der Waals surface area contributed by atoms with Crippen LogP contribution in [-0.4, -0.2) is 114 Å². The Morgan fingerprint density at radius 3 is 2.00 bits per heavy atom. The topological polar surface area (TPSA) is 188 Å². The second-order valence-corrected chi connectivity index (χ2v) is 17.5. The number of hydrogen-bond acceptors (Lipinski definition) is 9. The Kier molecular flexibility index (Phi) is 22.0. The molecule has 7 atom stereocenters. The van der Waals surface area contributed by atoms with E-state index in [1.165, 1.54) is 0 Å². The lowest BCUT2D eigenvalue weighted by molar-refractivity contribution is -0.145. The van der Waals surface area contributed by atoms with Gasteiger partial charge in [0, 0.05) is 19.6 Å². The van der Waals surface area contributed by atoms with E-state index in [4.69, 9.17) is 9.47 Å². The highest BCUT2D eigenvalue weighted by Crippen LogP contribution is 2.27. The number of ether oxygens (including phenoxy) is 2. The van der Waals surface area contributed by atoms with Gasteiger partial charge in [0.1, 0.15) is 30.8 Å². The minimum atomic E-state index is -1.40. The third-order valence-corrected chi connectivity index (χ3v) is 12.3. The quantitative estimate of drug-likeness (QED) is 0.139. The van der Waals surface area contributed by atoms with Crippen LogP contribution in [0.4, 0.5) is 4.79 Å². The average molecular weight is 890 g/mol. The number of rotatable bonds is 17. The van der Waals surface area contributed by atoms with Gasteiger partial charge in [-0.2, -0.15) is 0 Å². The Labute approximate surface area is 380 Å². The van der Waals surface area contributed by atoms with Crippen molar-refractivity contribution in [2.24, 2.45) is 5.92 Å². The third-order valence-electron chi connectivity index (χ3n) is 12.3. The van der Waals surface area contributed by atoms with Crippen molar-refractivity contribution in [1.29, 1.82) is 0 Å². The lowest BCUT2D eigenvalue weighted by atomic mass is 9.83. The zero-order chi connectivity index (χ0) is 46.4. The second-order valence-electron chi connectivity index (χ2n) is 17.5. The van der Waals surface area contributed by atoms with Crippen LogP contribution in [0, 0.1) is 5.92 Å². The molecule has 0 bridgehead atoms. The summed E-state index contributed by atoms with van der Waals surface area (Å²) in [6.45, 7) is 10.4. The maximum atomic E-state index is 14.8. The molecule has 1 saturated heterocycles. The van der Waals surface area contributed by atoms with Crippen LogP contribution in [0.25, 0.3) is 0 Å². The van der Waals surface area contributed by atoms with Crippen LogP contribution in [-0.2, 0) is 46.7 Å². The van der Waals surface area contributed by atoms with Crippen LogP contribution in [0.5, 0.6) is 0 Å². The van der Waals surface area contributed by atoms with E-state index in [2.05, 4.69) is 45.3 Å². The Bertz CT molecular complexity index is 1760. The standard InChI is InChI=1S/C49H75N7O8/c1-7-10-28-41-48(61)55(6)40(21-9-3)45(58)54-43(38-26-19-14-20-27-38)47(60)52-39(30-50-49(62)64-33-37-24-17-13-18-25-37)44(57)53-42(35(5)63-32-36-22-15-12-16-23-36)46(59)51-34(4)31-56(41)29-11-8-2/h12-13,15-18,22-25,34-35,38-43H,7-11,14,19-21,26-33H2,1-6H3,(H,50,62)(H,51,59)(H,52,60)(H,53,57)(H,54,58)/t34-,35+,39+,40+,41+,42+,43?/m1/s1. The van der Waals surface area contributed by atoms with Crippen molar-refractivity contribution in [3.8, 4) is 0 Å². The highest BCUT2D eigenvalue weighted by atomic mass is 16.5. The van der Waals surface area contributed by atoms with Gasteiger partial charge in [-0.25, -0.2) is 4.79 Å². The van der Waals surface area contributed by atoms with Gasteiger partial charge < -0.3 is 41.0 Å². The summed E-state index contributed by atoms with van der Waals surface area (Å²) in [5.74, 6) is -2.73. The second kappa shape index (κ2) is 27.3. The first kappa shape index (κ1) is 51.6. The van der Waals surface area contributed by atoms with E-state index in [-0.39, 0.29) is 31.6 Å². The van der Waals surface area contributed by atoms with E-state index in [1.807, 2.05) is 74.5 Å². The first-order chi connectivity index (χ1) is 30.9. The van der Waals surface area contributed by atoms with Crippen LogP contribution in [0.3, 0.4) is 0 Å². The van der Waals surface area contributed by atoms with Crippen LogP contribution in [0.2, 0.25) is 0 Å². The summed E-state index contributed by atoms with van der Waals surface area (Å²) >= 11 is 0. The Morgan fingerprint density at radius 2 is 1.38 bits per heavy atom. The van der Waals surface area contributed by atoms with Gasteiger partial charge >= 0.3 is 6.09 Å². The van der Waals surface area contributed by atoms with Crippen molar-refractivity contribution in [2.45, 2.75) is 167 Å². The van der Waals surface area contributed by atoms with Crippen molar-refractivity contribution < 1.29 is 38.2 Å². The van der Waals surface area contributed by atoms with E-state index in [0.29, 0.717) is 45.2 Å². The number of nitrogens with one attached hydrogen (secondary N) is 5. The Hall–Kier alpha value is -5.02. The van der Waals surface area contributed by atoms with Gasteiger partial charge in [-0.15, -0.1) is 0 Å². The van der Waals surface area contributed by atoms with Gasteiger partial charge in [0.25, 0.3) is 0 Å². The van der Waals surface area contributed by atoms with Gasteiger partial charge in [0.2, 0.25) is 29.5 Å². The molecule has 0 spiro atoms. The molecular weight excluding hydrogens is 815 g/mol. The normalized spacial score (nSPS) is 24.3. The molecule has 4 rings (SSSR count). The number of nitrogens with zero attached hydrogens (tertiary/aromatic N) is 2. The molecule has 1 aliphatic heterocycles. The minimum absolute atomic E-state index is 0.0204. The maximum Gasteiger partial charge on any atom is 0.407 e. The number of alkyl carbamates (subject to hydrolysis) is 1. The number of carbonyl (C=O) groups excluding carboxylic acids is 6. The molecule has 6 amide bonds. The summed E-state index contributed by atoms with van der Waals surface area (Å²) in [5, 5.41) is 14.5. The number of hydrogen-bond donors (Lipinski definition) is 5. The van der Waals surface area contributed by atoms with Crippen LogP contribution < -0.4 is 26.6 Å². The molecule has 1 unspecified atom stereocenters. The zero-order valence-corrected chi connectivity index (χ0v) is 39.1. The maximum absolute atomic E-state index is 14.8. The first-order valence-corrected chi connectivity index (χ1v) is 23.7. The fourth-order valence-corrected chi connectivity index (χ4v) is 8.58. The van der Waals surface area contributed by atoms with Crippen LogP contribution >= 0.6 is 0 Å². The predicted octanol–water partition coefficient (Wildman–Crippen LogP) is 5.36. The molecular formula is C49H75N7O8. The predicted molar refractivity (Wildman–Crippen MR) is 247 cm³/mol. The number of amides is 6. The molecule has 1 aliphatic carbocycles. The number of benzene rings is 2. The summed E-state index contributed by atoms with van der Waals surface area (Å²) in [5.41, 5.74) is 1.63. The summed E-state index contributed by atoms with van der Waals surface area (Å²) in [6.07, 6.45) is 7.32. The average Bonchev–Trinajstić information content (AvgIpc) is 3.30. The molecule has 0 radical (unpaired) electrons. The van der Waals surface area contributed by atoms with E-state index >= 15 is 0 Å². The van der Waals surface area contributed by atoms with Crippen molar-refractivity contribution in [3.05, 3.63) is 71.8 Å². The summed E-state index contributed by atoms with van der Waals surface area (Å²) in [4.78, 5) is 89.6. The summed E-state index contributed by atoms with van der Waals surface area (Å²) < 4.78 is 11.7. The van der Waals surface area contributed by atoms with E-state index < -0.39 is 72.1 Å². The minimum Gasteiger partial charge on any atom is -0.445 e. The SMILES string of the molecule is CCCC[C@H]1C(=O)N(C)[C@@H](CCC)C(=O)NC(C2CCCCC2)C(=O)N[C@@H](CNC(=O)OCc2ccccc2)C(=O)N[C@@H]([C@H](C)OCc2ccccc2)C(=O)N[C@H](C)CN1CCCC. The molecule has 5 N–H and O–H groups in total. The highest BCUT2D eigenvalue weighted by Gasteiger charge is 2.40. The zero-order valence-electron chi connectivity index (χ0n) is 39.1. The van der Waals surface area contributed by atoms with E-state index in [9.17, 15) is 28.8 Å². The largest absolute Gasteiger partial charge is 0.445 e. The molecule has 1 heterocycles. The van der Waals surface area contributed by atoms with Gasteiger partial charge in [0.15, 0.2) is 0 Å². The van der Waals surface area contributed by atoms with Crippen molar-refractivity contribution >= 4 is 35.6 Å². The molecule has 2 aliphatic rings. The summed E-state index contributed by atoms with van der Waals surface area (Å²) in [7, 11) is 1.67. The molecule has 0 aromatic heterocycles. The Morgan fingerprint density at radius 1 is 0.734 bits per heavy atom. The van der Waals surface area contributed by atoms with Crippen molar-refractivity contribution in [2.75, 3.05) is 26.7 Å². The summed E-state index contributed by atoms with van der Waals surface area (Å²) in [6, 6.07) is 13.0.